The summed E-state index contributed by atoms with van der Waals surface area (Å²) in [5.74, 6) is 0.297. The average Bonchev–Trinajstić information content (AvgIpc) is 2.91. The van der Waals surface area contributed by atoms with Crippen LogP contribution in [0.3, 0.4) is 0 Å². The molecule has 1 amide bonds. The van der Waals surface area contributed by atoms with Gasteiger partial charge in [0, 0.05) is 6.04 Å². The Hall–Kier alpha value is -0.570. The number of nitrogens with one attached hydrogen (secondary N) is 1. The highest BCUT2D eigenvalue weighted by Crippen LogP contribution is 2.37. The van der Waals surface area contributed by atoms with Crippen molar-refractivity contribution in [3.05, 3.63) is 0 Å². The van der Waals surface area contributed by atoms with Crippen molar-refractivity contribution in [3.63, 3.8) is 0 Å². The number of hydrogen-bond acceptors (Lipinski definition) is 2. The van der Waals surface area contributed by atoms with E-state index in [0.29, 0.717) is 18.5 Å². The second kappa shape index (κ2) is 2.98. The number of hydrogen-bond donors (Lipinski definition) is 1. The Morgan fingerprint density at radius 2 is 2.08 bits per heavy atom. The highest BCUT2D eigenvalue weighted by molar-refractivity contribution is 5.82. The van der Waals surface area contributed by atoms with Crippen molar-refractivity contribution in [3.8, 4) is 0 Å². The highest BCUT2D eigenvalue weighted by Gasteiger charge is 2.48. The summed E-state index contributed by atoms with van der Waals surface area (Å²) in [6, 6.07) is 0.544. The smallest absolute Gasteiger partial charge is 0.238 e. The molecule has 3 nitrogen and oxygen atoms in total. The van der Waals surface area contributed by atoms with Crippen LogP contribution in [0.5, 0.6) is 0 Å². The molecule has 3 heteroatoms. The van der Waals surface area contributed by atoms with Crippen LogP contribution in [0.25, 0.3) is 0 Å². The molecule has 0 radical (unpaired) electrons. The maximum absolute atomic E-state index is 11.7. The minimum Gasteiger partial charge on any atom is -0.320 e. The molecule has 2 rings (SSSR count). The SMILES string of the molecule is CCC1(CC)NCC(=O)N1C1CC1. The summed E-state index contributed by atoms with van der Waals surface area (Å²) in [4.78, 5) is 13.8. The van der Waals surface area contributed by atoms with Gasteiger partial charge in [-0.15, -0.1) is 0 Å². The predicted molar refractivity (Wildman–Crippen MR) is 51.2 cm³/mol. The molecule has 0 aromatic heterocycles. The first-order valence-electron chi connectivity index (χ1n) is 5.30. The van der Waals surface area contributed by atoms with E-state index in [1.165, 1.54) is 12.8 Å². The van der Waals surface area contributed by atoms with Gasteiger partial charge in [-0.25, -0.2) is 0 Å². The van der Waals surface area contributed by atoms with Crippen molar-refractivity contribution in [2.45, 2.75) is 51.2 Å². The van der Waals surface area contributed by atoms with Gasteiger partial charge < -0.3 is 4.90 Å². The molecule has 0 aromatic carbocycles. The van der Waals surface area contributed by atoms with Gasteiger partial charge in [0.15, 0.2) is 0 Å². The van der Waals surface area contributed by atoms with E-state index in [0.717, 1.165) is 12.8 Å². The summed E-state index contributed by atoms with van der Waals surface area (Å²) >= 11 is 0. The Balaban J connectivity index is 2.21. The van der Waals surface area contributed by atoms with Gasteiger partial charge in [0.2, 0.25) is 5.91 Å². The van der Waals surface area contributed by atoms with Crippen LogP contribution in [0.15, 0.2) is 0 Å². The van der Waals surface area contributed by atoms with Gasteiger partial charge in [-0.2, -0.15) is 0 Å². The van der Waals surface area contributed by atoms with Crippen molar-refractivity contribution in [2.24, 2.45) is 0 Å². The largest absolute Gasteiger partial charge is 0.320 e. The summed E-state index contributed by atoms with van der Waals surface area (Å²) in [5.41, 5.74) is -0.0156. The summed E-state index contributed by atoms with van der Waals surface area (Å²) in [5, 5.41) is 3.37. The maximum Gasteiger partial charge on any atom is 0.238 e. The lowest BCUT2D eigenvalue weighted by Gasteiger charge is -2.37. The third-order valence-electron chi connectivity index (χ3n) is 3.38. The maximum atomic E-state index is 11.7. The highest BCUT2D eigenvalue weighted by atomic mass is 16.2. The van der Waals surface area contributed by atoms with Gasteiger partial charge in [0.1, 0.15) is 0 Å². The lowest BCUT2D eigenvalue weighted by molar-refractivity contribution is -0.131. The molecule has 1 saturated heterocycles. The van der Waals surface area contributed by atoms with Crippen molar-refractivity contribution in [1.29, 1.82) is 0 Å². The fraction of sp³-hybridized carbons (Fsp3) is 0.900. The minimum absolute atomic E-state index is 0.0156. The summed E-state index contributed by atoms with van der Waals surface area (Å²) in [7, 11) is 0. The van der Waals surface area contributed by atoms with E-state index in [2.05, 4.69) is 24.1 Å². The van der Waals surface area contributed by atoms with Gasteiger partial charge >= 0.3 is 0 Å². The Morgan fingerprint density at radius 3 is 2.54 bits per heavy atom. The molecule has 2 aliphatic rings. The average molecular weight is 182 g/mol. The molecule has 1 aliphatic carbocycles. The van der Waals surface area contributed by atoms with E-state index < -0.39 is 0 Å². The fourth-order valence-electron chi connectivity index (χ4n) is 2.38. The normalized spacial score (nSPS) is 26.9. The Labute approximate surface area is 79.5 Å². The van der Waals surface area contributed by atoms with Gasteiger partial charge in [-0.1, -0.05) is 13.8 Å². The van der Waals surface area contributed by atoms with E-state index in [1.54, 1.807) is 0 Å². The number of nitrogens with zero attached hydrogens (tertiary/aromatic N) is 1. The van der Waals surface area contributed by atoms with Crippen LogP contribution in [0, 0.1) is 0 Å². The molecule has 1 saturated carbocycles. The van der Waals surface area contributed by atoms with E-state index in [1.807, 2.05) is 0 Å². The van der Waals surface area contributed by atoms with Crippen LogP contribution in [-0.2, 0) is 4.79 Å². The van der Waals surface area contributed by atoms with E-state index in [9.17, 15) is 4.79 Å². The first-order chi connectivity index (χ1) is 6.23. The molecule has 0 bridgehead atoms. The van der Waals surface area contributed by atoms with Gasteiger partial charge in [-0.3, -0.25) is 10.1 Å². The zero-order valence-electron chi connectivity index (χ0n) is 8.47. The number of carbonyl (C=O) groups is 1. The molecule has 0 unspecified atom stereocenters. The Morgan fingerprint density at radius 1 is 1.46 bits per heavy atom. The third kappa shape index (κ3) is 1.26. The van der Waals surface area contributed by atoms with Gasteiger partial charge in [-0.05, 0) is 25.7 Å². The molecule has 0 atom stereocenters. The van der Waals surface area contributed by atoms with Crippen molar-refractivity contribution < 1.29 is 4.79 Å². The monoisotopic (exact) mass is 182 g/mol. The minimum atomic E-state index is -0.0156. The molecule has 2 fully saturated rings. The zero-order valence-corrected chi connectivity index (χ0v) is 8.47. The predicted octanol–water partition coefficient (Wildman–Crippen LogP) is 1.10. The zero-order chi connectivity index (χ0) is 9.47. The molecule has 1 heterocycles. The topological polar surface area (TPSA) is 32.3 Å². The third-order valence-corrected chi connectivity index (χ3v) is 3.38. The molecule has 1 N–H and O–H groups in total. The summed E-state index contributed by atoms with van der Waals surface area (Å²) < 4.78 is 0. The molecular weight excluding hydrogens is 164 g/mol. The number of rotatable bonds is 3. The summed E-state index contributed by atoms with van der Waals surface area (Å²) in [6.07, 6.45) is 4.45. The molecular formula is C10H18N2O. The van der Waals surface area contributed by atoms with Crippen LogP contribution in [0.4, 0.5) is 0 Å². The van der Waals surface area contributed by atoms with E-state index in [4.69, 9.17) is 0 Å². The number of carbonyl (C=O) groups excluding carboxylic acids is 1. The molecule has 0 spiro atoms. The molecule has 74 valence electrons. The standard InChI is InChI=1S/C10H18N2O/c1-3-10(4-2)11-7-9(13)12(10)8-5-6-8/h8,11H,3-7H2,1-2H3. The second-order valence-corrected chi connectivity index (χ2v) is 4.09. The van der Waals surface area contributed by atoms with Crippen LogP contribution >= 0.6 is 0 Å². The quantitative estimate of drug-likeness (QED) is 0.708. The molecule has 13 heavy (non-hydrogen) atoms. The summed E-state index contributed by atoms with van der Waals surface area (Å²) in [6.45, 7) is 4.85. The first kappa shape index (κ1) is 9.00. The van der Waals surface area contributed by atoms with Crippen LogP contribution in [-0.4, -0.2) is 29.1 Å². The lowest BCUT2D eigenvalue weighted by atomic mass is 10.0. The Kier molecular flexibility index (Phi) is 2.06. The van der Waals surface area contributed by atoms with Gasteiger partial charge in [0.05, 0.1) is 12.2 Å². The van der Waals surface area contributed by atoms with Crippen molar-refractivity contribution in [2.75, 3.05) is 6.54 Å². The second-order valence-electron chi connectivity index (χ2n) is 4.09. The Bertz CT molecular complexity index is 219. The van der Waals surface area contributed by atoms with E-state index >= 15 is 0 Å². The fourth-order valence-corrected chi connectivity index (χ4v) is 2.38. The molecule has 0 aromatic rings. The molecule has 1 aliphatic heterocycles. The number of amides is 1. The van der Waals surface area contributed by atoms with Crippen LogP contribution in [0.2, 0.25) is 0 Å². The van der Waals surface area contributed by atoms with Crippen LogP contribution < -0.4 is 5.32 Å². The van der Waals surface area contributed by atoms with Crippen molar-refractivity contribution >= 4 is 5.91 Å². The lowest BCUT2D eigenvalue weighted by Crippen LogP contribution is -2.52. The first-order valence-corrected chi connectivity index (χ1v) is 5.30. The van der Waals surface area contributed by atoms with Crippen molar-refractivity contribution in [1.82, 2.24) is 10.2 Å². The van der Waals surface area contributed by atoms with E-state index in [-0.39, 0.29) is 5.66 Å². The van der Waals surface area contributed by atoms with Gasteiger partial charge in [0.25, 0.3) is 0 Å². The van der Waals surface area contributed by atoms with Crippen LogP contribution in [0.1, 0.15) is 39.5 Å².